The third-order valence-electron chi connectivity index (χ3n) is 5.07. The monoisotopic (exact) mass is 255 g/mol. The van der Waals surface area contributed by atoms with Gasteiger partial charge in [0.25, 0.3) is 0 Å². The van der Waals surface area contributed by atoms with Gasteiger partial charge in [0.1, 0.15) is 0 Å². The first kappa shape index (κ1) is 11.5. The quantitative estimate of drug-likeness (QED) is 0.893. The lowest BCUT2D eigenvalue weighted by Crippen LogP contribution is -2.60. The predicted molar refractivity (Wildman–Crippen MR) is 77.2 cm³/mol. The molecule has 1 saturated heterocycles. The highest BCUT2D eigenvalue weighted by Gasteiger charge is 2.47. The molecule has 0 amide bonds. The van der Waals surface area contributed by atoms with Gasteiger partial charge in [-0.05, 0) is 49.1 Å². The highest BCUT2D eigenvalue weighted by Crippen LogP contribution is 2.49. The van der Waals surface area contributed by atoms with Gasteiger partial charge < -0.3 is 5.32 Å². The summed E-state index contributed by atoms with van der Waals surface area (Å²) in [6.07, 6.45) is 4.08. The topological polar surface area (TPSA) is 29.9 Å². The Morgan fingerprint density at radius 3 is 2.84 bits per heavy atom. The van der Waals surface area contributed by atoms with Gasteiger partial charge in [0, 0.05) is 25.5 Å². The lowest BCUT2D eigenvalue weighted by atomic mass is 9.57. The summed E-state index contributed by atoms with van der Waals surface area (Å²) in [6.45, 7) is 4.59. The van der Waals surface area contributed by atoms with E-state index in [-0.39, 0.29) is 0 Å². The van der Waals surface area contributed by atoms with Gasteiger partial charge in [-0.2, -0.15) is 5.10 Å². The van der Waals surface area contributed by atoms with Gasteiger partial charge in [-0.1, -0.05) is 12.1 Å². The number of aryl methyl sites for hydroxylation is 2. The van der Waals surface area contributed by atoms with Crippen molar-refractivity contribution >= 4 is 10.9 Å². The average molecular weight is 255 g/mol. The molecule has 100 valence electrons. The van der Waals surface area contributed by atoms with Crippen molar-refractivity contribution in [2.75, 3.05) is 13.1 Å². The minimum absolute atomic E-state index is 0.692. The zero-order valence-electron chi connectivity index (χ0n) is 11.7. The van der Waals surface area contributed by atoms with E-state index in [0.29, 0.717) is 5.41 Å². The summed E-state index contributed by atoms with van der Waals surface area (Å²) in [5.74, 6) is 0.897. The average Bonchev–Trinajstić information content (AvgIpc) is 2.57. The Morgan fingerprint density at radius 2 is 2.16 bits per heavy atom. The minimum atomic E-state index is 0.692. The molecule has 0 atom stereocenters. The Labute approximate surface area is 114 Å². The van der Waals surface area contributed by atoms with Gasteiger partial charge in [0.2, 0.25) is 0 Å². The second-order valence-corrected chi connectivity index (χ2v) is 6.64. The fraction of sp³-hybridized carbons (Fsp3) is 0.562. The first-order chi connectivity index (χ1) is 9.15. The van der Waals surface area contributed by atoms with Crippen LogP contribution in [0.3, 0.4) is 0 Å². The van der Waals surface area contributed by atoms with Gasteiger partial charge in [-0.3, -0.25) is 4.68 Å². The molecule has 3 nitrogen and oxygen atoms in total. The van der Waals surface area contributed by atoms with E-state index in [4.69, 9.17) is 0 Å². The van der Waals surface area contributed by atoms with Crippen LogP contribution >= 0.6 is 0 Å². The minimum Gasteiger partial charge on any atom is -0.316 e. The van der Waals surface area contributed by atoms with Gasteiger partial charge in [0.05, 0.1) is 11.2 Å². The molecule has 0 unspecified atom stereocenters. The van der Waals surface area contributed by atoms with Gasteiger partial charge >= 0.3 is 0 Å². The van der Waals surface area contributed by atoms with Crippen LogP contribution in [-0.2, 0) is 13.5 Å². The van der Waals surface area contributed by atoms with Crippen LogP contribution in [0.5, 0.6) is 0 Å². The maximum absolute atomic E-state index is 4.50. The number of benzene rings is 1. The van der Waals surface area contributed by atoms with E-state index in [1.165, 1.54) is 48.8 Å². The Kier molecular flexibility index (Phi) is 2.31. The number of nitrogens with zero attached hydrogens (tertiary/aromatic N) is 2. The fourth-order valence-corrected chi connectivity index (χ4v) is 4.02. The summed E-state index contributed by atoms with van der Waals surface area (Å²) in [6, 6.07) is 6.87. The molecule has 1 aromatic carbocycles. The maximum Gasteiger partial charge on any atom is 0.0684 e. The first-order valence-electron chi connectivity index (χ1n) is 7.28. The largest absolute Gasteiger partial charge is 0.316 e. The molecule has 1 N–H and O–H groups in total. The third-order valence-corrected chi connectivity index (χ3v) is 5.07. The van der Waals surface area contributed by atoms with E-state index in [0.717, 1.165) is 11.6 Å². The van der Waals surface area contributed by atoms with Crippen LogP contribution in [0.4, 0.5) is 0 Å². The van der Waals surface area contributed by atoms with Crippen molar-refractivity contribution in [2.45, 2.75) is 26.2 Å². The molecule has 0 bridgehead atoms. The van der Waals surface area contributed by atoms with Crippen molar-refractivity contribution in [3.05, 3.63) is 29.5 Å². The SMILES string of the molecule is Cc1nn(C)c2cc(CC3CC4(CNC4)C3)ccc12. The standard InChI is InChI=1S/C16H21N3/c1-11-14-4-3-12(6-15(14)19(2)18-11)5-13-7-16(8-13)9-17-10-16/h3-4,6,13,17H,5,7-10H2,1-2H3. The predicted octanol–water partition coefficient (Wildman–Crippen LogP) is 2.42. The Hall–Kier alpha value is -1.35. The summed E-state index contributed by atoms with van der Waals surface area (Å²) in [7, 11) is 2.04. The summed E-state index contributed by atoms with van der Waals surface area (Å²) in [5, 5.41) is 9.20. The molecule has 1 aromatic heterocycles. The van der Waals surface area contributed by atoms with Crippen molar-refractivity contribution in [1.29, 1.82) is 0 Å². The zero-order chi connectivity index (χ0) is 13.0. The highest BCUT2D eigenvalue weighted by atomic mass is 15.3. The van der Waals surface area contributed by atoms with Crippen LogP contribution in [0, 0.1) is 18.3 Å². The lowest BCUT2D eigenvalue weighted by molar-refractivity contribution is 0.000904. The second kappa shape index (κ2) is 3.83. The summed E-state index contributed by atoms with van der Waals surface area (Å²) >= 11 is 0. The third kappa shape index (κ3) is 1.71. The van der Waals surface area contributed by atoms with E-state index >= 15 is 0 Å². The van der Waals surface area contributed by atoms with Crippen LogP contribution in [0.25, 0.3) is 10.9 Å². The molecule has 1 saturated carbocycles. The Balaban J connectivity index is 1.54. The molecule has 3 heteroatoms. The Bertz CT molecular complexity index is 629. The van der Waals surface area contributed by atoms with Crippen LogP contribution < -0.4 is 5.32 Å². The number of fused-ring (bicyclic) bond motifs is 1. The van der Waals surface area contributed by atoms with Gasteiger partial charge in [0.15, 0.2) is 0 Å². The van der Waals surface area contributed by atoms with Crippen molar-refractivity contribution in [1.82, 2.24) is 15.1 Å². The number of aromatic nitrogens is 2. The zero-order valence-corrected chi connectivity index (χ0v) is 11.7. The van der Waals surface area contributed by atoms with Crippen molar-refractivity contribution in [2.24, 2.45) is 18.4 Å². The van der Waals surface area contributed by atoms with E-state index in [9.17, 15) is 0 Å². The fourth-order valence-electron chi connectivity index (χ4n) is 4.02. The molecule has 19 heavy (non-hydrogen) atoms. The molecular weight excluding hydrogens is 234 g/mol. The van der Waals surface area contributed by atoms with E-state index in [1.54, 1.807) is 0 Å². The molecule has 1 spiro atoms. The van der Waals surface area contributed by atoms with Crippen molar-refractivity contribution < 1.29 is 0 Å². The molecular formula is C16H21N3. The summed E-state index contributed by atoms with van der Waals surface area (Å²) in [5.41, 5.74) is 4.57. The summed E-state index contributed by atoms with van der Waals surface area (Å²) in [4.78, 5) is 0. The number of hydrogen-bond acceptors (Lipinski definition) is 2. The van der Waals surface area contributed by atoms with Crippen LogP contribution in [0.15, 0.2) is 18.2 Å². The normalized spacial score (nSPS) is 21.6. The van der Waals surface area contributed by atoms with E-state index in [2.05, 4.69) is 35.5 Å². The number of rotatable bonds is 2. The molecule has 0 radical (unpaired) electrons. The molecule has 1 aliphatic heterocycles. The smallest absolute Gasteiger partial charge is 0.0684 e. The molecule has 2 aliphatic rings. The van der Waals surface area contributed by atoms with Gasteiger partial charge in [-0.25, -0.2) is 0 Å². The summed E-state index contributed by atoms with van der Waals surface area (Å²) < 4.78 is 2.01. The maximum atomic E-state index is 4.50. The van der Waals surface area contributed by atoms with Crippen LogP contribution in [-0.4, -0.2) is 22.9 Å². The van der Waals surface area contributed by atoms with Crippen LogP contribution in [0.2, 0.25) is 0 Å². The van der Waals surface area contributed by atoms with Crippen molar-refractivity contribution in [3.8, 4) is 0 Å². The molecule has 2 heterocycles. The molecule has 1 aliphatic carbocycles. The second-order valence-electron chi connectivity index (χ2n) is 6.64. The van der Waals surface area contributed by atoms with Crippen molar-refractivity contribution in [3.63, 3.8) is 0 Å². The molecule has 2 fully saturated rings. The lowest BCUT2D eigenvalue weighted by Gasteiger charge is -2.54. The highest BCUT2D eigenvalue weighted by molar-refractivity contribution is 5.82. The van der Waals surface area contributed by atoms with E-state index in [1.807, 2.05) is 11.7 Å². The molecule has 4 rings (SSSR count). The van der Waals surface area contributed by atoms with E-state index < -0.39 is 0 Å². The molecule has 2 aromatic rings. The number of nitrogens with one attached hydrogen (secondary N) is 1. The first-order valence-corrected chi connectivity index (χ1v) is 7.28. The Morgan fingerprint density at radius 1 is 1.37 bits per heavy atom. The number of hydrogen-bond donors (Lipinski definition) is 1. The van der Waals surface area contributed by atoms with Crippen LogP contribution in [0.1, 0.15) is 24.1 Å². The van der Waals surface area contributed by atoms with Gasteiger partial charge in [-0.15, -0.1) is 0 Å².